The van der Waals surface area contributed by atoms with Crippen molar-refractivity contribution in [2.75, 3.05) is 13.2 Å². The van der Waals surface area contributed by atoms with Gasteiger partial charge in [0.05, 0.1) is 24.9 Å². The number of rotatable bonds is 3. The molecule has 1 saturated heterocycles. The largest absolute Gasteiger partial charge is 0.393 e. The predicted octanol–water partition coefficient (Wildman–Crippen LogP) is 0.00300. The highest BCUT2D eigenvalue weighted by molar-refractivity contribution is 5.48. The quantitative estimate of drug-likeness (QED) is 0.633. The van der Waals surface area contributed by atoms with E-state index in [0.717, 1.165) is 6.41 Å². The third-order valence-electron chi connectivity index (χ3n) is 2.26. The van der Waals surface area contributed by atoms with Gasteiger partial charge >= 0.3 is 0 Å². The summed E-state index contributed by atoms with van der Waals surface area (Å²) >= 11 is 0. The van der Waals surface area contributed by atoms with Crippen LogP contribution in [0.4, 0.5) is 0 Å². The Labute approximate surface area is 78.5 Å². The first-order valence-corrected chi connectivity index (χ1v) is 4.64. The summed E-state index contributed by atoms with van der Waals surface area (Å²) in [6, 6.07) is 0.0358. The Morgan fingerprint density at radius 1 is 1.77 bits per heavy atom. The minimum absolute atomic E-state index is 0.0358. The molecule has 1 fully saturated rings. The van der Waals surface area contributed by atoms with Crippen molar-refractivity contribution in [2.24, 2.45) is 0 Å². The Kier molecular flexibility index (Phi) is 3.69. The summed E-state index contributed by atoms with van der Waals surface area (Å²) in [6.07, 6.45) is 1.15. The molecule has 1 aliphatic rings. The number of carbonyl (C=O) groups excluding carboxylic acids is 1. The fourth-order valence-electron chi connectivity index (χ4n) is 1.60. The second-order valence-corrected chi connectivity index (χ2v) is 3.68. The molecular formula is C9H17NO3. The van der Waals surface area contributed by atoms with Crippen LogP contribution in [0.2, 0.25) is 0 Å². The number of ether oxygens (including phenoxy) is 1. The standard InChI is InChI=1S/C9H17NO3/c1-7(12)3-9-5-13-8(2)4-10(9)6-11/h6-9,12H,3-5H2,1-2H3. The normalized spacial score (nSPS) is 31.5. The summed E-state index contributed by atoms with van der Waals surface area (Å²) in [5, 5.41) is 9.19. The van der Waals surface area contributed by atoms with Crippen LogP contribution in [0.1, 0.15) is 20.3 Å². The maximum Gasteiger partial charge on any atom is 0.210 e. The van der Waals surface area contributed by atoms with Crippen molar-refractivity contribution >= 4 is 6.41 Å². The van der Waals surface area contributed by atoms with Crippen LogP contribution in [0.5, 0.6) is 0 Å². The average molecular weight is 187 g/mol. The molecule has 1 aliphatic heterocycles. The maximum atomic E-state index is 10.7. The number of aliphatic hydroxyl groups excluding tert-OH is 1. The zero-order valence-corrected chi connectivity index (χ0v) is 8.14. The van der Waals surface area contributed by atoms with E-state index in [-0.39, 0.29) is 18.2 Å². The molecule has 0 spiro atoms. The minimum atomic E-state index is -0.385. The molecule has 0 aromatic rings. The topological polar surface area (TPSA) is 49.8 Å². The Hall–Kier alpha value is -0.610. The summed E-state index contributed by atoms with van der Waals surface area (Å²) in [4.78, 5) is 12.4. The van der Waals surface area contributed by atoms with Gasteiger partial charge in [0.1, 0.15) is 0 Å². The summed E-state index contributed by atoms with van der Waals surface area (Å²) in [6.45, 7) is 4.82. The van der Waals surface area contributed by atoms with Gasteiger partial charge in [0.2, 0.25) is 6.41 Å². The lowest BCUT2D eigenvalue weighted by molar-refractivity contribution is -0.132. The molecule has 1 N–H and O–H groups in total. The van der Waals surface area contributed by atoms with E-state index in [1.807, 2.05) is 6.92 Å². The summed E-state index contributed by atoms with van der Waals surface area (Å²) in [5.74, 6) is 0. The van der Waals surface area contributed by atoms with Crippen LogP contribution >= 0.6 is 0 Å². The molecule has 4 heteroatoms. The highest BCUT2D eigenvalue weighted by atomic mass is 16.5. The molecule has 0 saturated carbocycles. The van der Waals surface area contributed by atoms with Gasteiger partial charge in [-0.15, -0.1) is 0 Å². The molecule has 0 bridgehead atoms. The van der Waals surface area contributed by atoms with Crippen LogP contribution in [0.3, 0.4) is 0 Å². The SMILES string of the molecule is CC(O)CC1COC(C)CN1C=O. The Balaban J connectivity index is 2.47. The fourth-order valence-corrected chi connectivity index (χ4v) is 1.60. The van der Waals surface area contributed by atoms with Gasteiger partial charge in [0, 0.05) is 6.54 Å². The van der Waals surface area contributed by atoms with Gasteiger partial charge in [-0.05, 0) is 20.3 Å². The van der Waals surface area contributed by atoms with Crippen molar-refractivity contribution in [3.63, 3.8) is 0 Å². The Bertz CT molecular complexity index is 172. The lowest BCUT2D eigenvalue weighted by Gasteiger charge is -2.36. The molecule has 1 heterocycles. The van der Waals surface area contributed by atoms with Crippen LogP contribution in [0.15, 0.2) is 0 Å². The third kappa shape index (κ3) is 2.97. The van der Waals surface area contributed by atoms with Gasteiger partial charge in [0.25, 0.3) is 0 Å². The Morgan fingerprint density at radius 2 is 2.46 bits per heavy atom. The predicted molar refractivity (Wildman–Crippen MR) is 48.3 cm³/mol. The maximum absolute atomic E-state index is 10.7. The highest BCUT2D eigenvalue weighted by Crippen LogP contribution is 2.13. The molecule has 0 aliphatic carbocycles. The van der Waals surface area contributed by atoms with Crippen LogP contribution in [0, 0.1) is 0 Å². The smallest absolute Gasteiger partial charge is 0.210 e. The number of aliphatic hydroxyl groups is 1. The van der Waals surface area contributed by atoms with E-state index in [2.05, 4.69) is 0 Å². The highest BCUT2D eigenvalue weighted by Gasteiger charge is 2.26. The molecule has 1 rings (SSSR count). The summed E-state index contributed by atoms with van der Waals surface area (Å²) in [5.41, 5.74) is 0. The average Bonchev–Trinajstić information content (AvgIpc) is 2.07. The first-order valence-electron chi connectivity index (χ1n) is 4.64. The van der Waals surface area contributed by atoms with Crippen molar-refractivity contribution in [3.05, 3.63) is 0 Å². The fraction of sp³-hybridized carbons (Fsp3) is 0.889. The molecule has 13 heavy (non-hydrogen) atoms. The number of hydrogen-bond acceptors (Lipinski definition) is 3. The van der Waals surface area contributed by atoms with Gasteiger partial charge in [-0.1, -0.05) is 0 Å². The van der Waals surface area contributed by atoms with E-state index >= 15 is 0 Å². The van der Waals surface area contributed by atoms with Crippen molar-refractivity contribution in [2.45, 2.75) is 38.5 Å². The van der Waals surface area contributed by atoms with Crippen molar-refractivity contribution in [1.29, 1.82) is 0 Å². The number of carbonyl (C=O) groups is 1. The lowest BCUT2D eigenvalue weighted by Crippen LogP contribution is -2.49. The van der Waals surface area contributed by atoms with E-state index in [9.17, 15) is 9.90 Å². The lowest BCUT2D eigenvalue weighted by atomic mass is 10.1. The second kappa shape index (κ2) is 4.58. The monoisotopic (exact) mass is 187 g/mol. The van der Waals surface area contributed by atoms with Crippen LogP contribution in [-0.2, 0) is 9.53 Å². The van der Waals surface area contributed by atoms with Crippen LogP contribution < -0.4 is 0 Å². The molecule has 4 nitrogen and oxygen atoms in total. The minimum Gasteiger partial charge on any atom is -0.393 e. The molecule has 3 atom stereocenters. The molecule has 3 unspecified atom stereocenters. The van der Waals surface area contributed by atoms with E-state index in [1.165, 1.54) is 0 Å². The third-order valence-corrected chi connectivity index (χ3v) is 2.26. The number of morpholine rings is 1. The number of amides is 1. The van der Waals surface area contributed by atoms with Crippen molar-refractivity contribution in [1.82, 2.24) is 4.90 Å². The molecule has 0 aromatic carbocycles. The zero-order valence-electron chi connectivity index (χ0n) is 8.14. The molecule has 1 amide bonds. The molecule has 0 aromatic heterocycles. The zero-order chi connectivity index (χ0) is 9.84. The summed E-state index contributed by atoms with van der Waals surface area (Å²) in [7, 11) is 0. The van der Waals surface area contributed by atoms with E-state index < -0.39 is 0 Å². The second-order valence-electron chi connectivity index (χ2n) is 3.68. The van der Waals surface area contributed by atoms with Crippen molar-refractivity contribution in [3.8, 4) is 0 Å². The van der Waals surface area contributed by atoms with Crippen molar-refractivity contribution < 1.29 is 14.6 Å². The summed E-state index contributed by atoms with van der Waals surface area (Å²) < 4.78 is 5.41. The van der Waals surface area contributed by atoms with Crippen LogP contribution in [0.25, 0.3) is 0 Å². The van der Waals surface area contributed by atoms with Gasteiger partial charge in [-0.25, -0.2) is 0 Å². The van der Waals surface area contributed by atoms with E-state index in [1.54, 1.807) is 11.8 Å². The first-order chi connectivity index (χ1) is 6.13. The van der Waals surface area contributed by atoms with Gasteiger partial charge < -0.3 is 14.7 Å². The molecular weight excluding hydrogens is 170 g/mol. The van der Waals surface area contributed by atoms with Crippen LogP contribution in [-0.4, -0.2) is 47.8 Å². The first kappa shape index (κ1) is 10.5. The Morgan fingerprint density at radius 3 is 3.00 bits per heavy atom. The molecule has 0 radical (unpaired) electrons. The van der Waals surface area contributed by atoms with Gasteiger partial charge in [-0.3, -0.25) is 4.79 Å². The van der Waals surface area contributed by atoms with E-state index in [0.29, 0.717) is 19.6 Å². The molecule has 76 valence electrons. The number of nitrogens with zero attached hydrogens (tertiary/aromatic N) is 1. The van der Waals surface area contributed by atoms with E-state index in [4.69, 9.17) is 4.74 Å². The van der Waals surface area contributed by atoms with Gasteiger partial charge in [0.15, 0.2) is 0 Å². The number of hydrogen-bond donors (Lipinski definition) is 1. The van der Waals surface area contributed by atoms with Gasteiger partial charge in [-0.2, -0.15) is 0 Å².